The van der Waals surface area contributed by atoms with Crippen LogP contribution < -0.4 is 5.32 Å². The summed E-state index contributed by atoms with van der Waals surface area (Å²) in [7, 11) is 1.82. The monoisotopic (exact) mass is 420 g/mol. The van der Waals surface area contributed by atoms with Gasteiger partial charge in [0.2, 0.25) is 0 Å². The fourth-order valence-electron chi connectivity index (χ4n) is 5.07. The minimum Gasteiger partial charge on any atom is -0.379 e. The maximum absolute atomic E-state index is 10.4. The number of aliphatic hydroxyl groups excluding tert-OH is 1. The molecule has 2 unspecified atom stereocenters. The Labute approximate surface area is 186 Å². The first-order chi connectivity index (χ1) is 15.0. The minimum atomic E-state index is -0.531. The zero-order valence-corrected chi connectivity index (χ0v) is 19.4. The molecule has 0 bridgehead atoms. The van der Waals surface area contributed by atoms with Gasteiger partial charge < -0.3 is 14.6 Å². The Balaban J connectivity index is 1.79. The van der Waals surface area contributed by atoms with E-state index < -0.39 is 6.23 Å². The lowest BCUT2D eigenvalue weighted by Gasteiger charge is -2.24. The largest absolute Gasteiger partial charge is 0.379 e. The molecule has 4 rings (SSSR count). The third-order valence-electron chi connectivity index (χ3n) is 6.87. The quantitative estimate of drug-likeness (QED) is 0.571. The Bertz CT molecular complexity index is 1040. The van der Waals surface area contributed by atoms with Crippen LogP contribution in [-0.4, -0.2) is 52.5 Å². The second-order valence-corrected chi connectivity index (χ2v) is 8.96. The smallest absolute Gasteiger partial charge is 0.105 e. The molecule has 0 saturated carbocycles. The van der Waals surface area contributed by atoms with Crippen molar-refractivity contribution in [1.82, 2.24) is 19.8 Å². The van der Waals surface area contributed by atoms with Gasteiger partial charge in [-0.15, -0.1) is 0 Å². The standard InChI is InChI=1S/C26H36N4O/c1-5-29-12-9-22-23-14-18(2)6-7-24(23)30(25(22)10-13-29)17-21(16-26(31)27-4)20-8-11-28-19(3)15-20/h6-8,11,14-15,21,26-27,31H,5,9-10,12-13,16-17H2,1-4H3. The van der Waals surface area contributed by atoms with Gasteiger partial charge in [0, 0.05) is 60.5 Å². The number of rotatable bonds is 7. The molecule has 2 N–H and O–H groups in total. The van der Waals surface area contributed by atoms with Crippen LogP contribution in [0.1, 0.15) is 47.3 Å². The van der Waals surface area contributed by atoms with Gasteiger partial charge in [-0.25, -0.2) is 0 Å². The Morgan fingerprint density at radius 3 is 2.68 bits per heavy atom. The van der Waals surface area contributed by atoms with Crippen LogP contribution in [-0.2, 0) is 19.4 Å². The van der Waals surface area contributed by atoms with Gasteiger partial charge in [0.15, 0.2) is 0 Å². The van der Waals surface area contributed by atoms with E-state index in [2.05, 4.69) is 63.9 Å². The molecule has 5 heteroatoms. The van der Waals surface area contributed by atoms with E-state index >= 15 is 0 Å². The Kier molecular flexibility index (Phi) is 6.75. The van der Waals surface area contributed by atoms with Crippen LogP contribution >= 0.6 is 0 Å². The summed E-state index contributed by atoms with van der Waals surface area (Å²) in [6.07, 6.45) is 4.21. The second-order valence-electron chi connectivity index (χ2n) is 8.96. The van der Waals surface area contributed by atoms with E-state index in [4.69, 9.17) is 0 Å². The maximum atomic E-state index is 10.4. The van der Waals surface area contributed by atoms with Crippen molar-refractivity contribution in [3.05, 3.63) is 64.6 Å². The fraction of sp³-hybridized carbons (Fsp3) is 0.500. The SMILES string of the molecule is CCN1CCc2c(n(CC(CC(O)NC)c3ccnc(C)c3)c3ccc(C)cc23)CC1. The highest BCUT2D eigenvalue weighted by Gasteiger charge is 2.24. The lowest BCUT2D eigenvalue weighted by atomic mass is 9.94. The molecule has 3 aromatic rings. The molecule has 0 fully saturated rings. The molecule has 0 amide bonds. The van der Waals surface area contributed by atoms with Crippen molar-refractivity contribution >= 4 is 10.9 Å². The van der Waals surface area contributed by atoms with Crippen molar-refractivity contribution in [2.24, 2.45) is 0 Å². The molecular formula is C26H36N4O. The van der Waals surface area contributed by atoms with Gasteiger partial charge in [0.25, 0.3) is 0 Å². The van der Waals surface area contributed by atoms with Crippen LogP contribution in [0.15, 0.2) is 36.5 Å². The number of pyridine rings is 1. The van der Waals surface area contributed by atoms with E-state index in [9.17, 15) is 5.11 Å². The summed E-state index contributed by atoms with van der Waals surface area (Å²) in [6, 6.07) is 11.2. The highest BCUT2D eigenvalue weighted by molar-refractivity contribution is 5.86. The van der Waals surface area contributed by atoms with Gasteiger partial charge in [-0.3, -0.25) is 10.3 Å². The summed E-state index contributed by atoms with van der Waals surface area (Å²) in [6.45, 7) is 10.7. The molecular weight excluding hydrogens is 384 g/mol. The molecule has 2 aromatic heterocycles. The van der Waals surface area contributed by atoms with Crippen LogP contribution in [0.3, 0.4) is 0 Å². The van der Waals surface area contributed by atoms with E-state index in [1.165, 1.54) is 33.3 Å². The maximum Gasteiger partial charge on any atom is 0.105 e. The highest BCUT2D eigenvalue weighted by Crippen LogP contribution is 2.33. The van der Waals surface area contributed by atoms with Crippen LogP contribution in [0.2, 0.25) is 0 Å². The molecule has 2 atom stereocenters. The van der Waals surface area contributed by atoms with Gasteiger partial charge in [-0.2, -0.15) is 0 Å². The first kappa shape index (κ1) is 22.0. The molecule has 1 aliphatic heterocycles. The van der Waals surface area contributed by atoms with Crippen molar-refractivity contribution in [1.29, 1.82) is 0 Å². The number of nitrogens with zero attached hydrogens (tertiary/aromatic N) is 3. The normalized spacial score (nSPS) is 16.8. The molecule has 31 heavy (non-hydrogen) atoms. The Hall–Kier alpha value is -2.21. The predicted molar refractivity (Wildman–Crippen MR) is 128 cm³/mol. The Morgan fingerprint density at radius 2 is 1.94 bits per heavy atom. The molecule has 166 valence electrons. The van der Waals surface area contributed by atoms with E-state index in [0.717, 1.165) is 44.7 Å². The van der Waals surface area contributed by atoms with Gasteiger partial charge in [0.1, 0.15) is 6.23 Å². The molecule has 1 aliphatic rings. The van der Waals surface area contributed by atoms with Crippen molar-refractivity contribution < 1.29 is 5.11 Å². The van der Waals surface area contributed by atoms with E-state index in [0.29, 0.717) is 6.42 Å². The van der Waals surface area contributed by atoms with Crippen molar-refractivity contribution in [2.45, 2.75) is 58.7 Å². The number of hydrogen-bond donors (Lipinski definition) is 2. The lowest BCUT2D eigenvalue weighted by molar-refractivity contribution is 0.125. The van der Waals surface area contributed by atoms with Gasteiger partial charge in [-0.05, 0) is 75.7 Å². The van der Waals surface area contributed by atoms with E-state index in [-0.39, 0.29) is 5.92 Å². The number of fused-ring (bicyclic) bond motifs is 3. The number of benzene rings is 1. The summed E-state index contributed by atoms with van der Waals surface area (Å²) >= 11 is 0. The van der Waals surface area contributed by atoms with Crippen LogP contribution in [0.25, 0.3) is 10.9 Å². The highest BCUT2D eigenvalue weighted by atomic mass is 16.3. The van der Waals surface area contributed by atoms with Crippen LogP contribution in [0.5, 0.6) is 0 Å². The summed E-state index contributed by atoms with van der Waals surface area (Å²) in [5.74, 6) is 0.204. The average molecular weight is 421 g/mol. The summed E-state index contributed by atoms with van der Waals surface area (Å²) < 4.78 is 2.55. The third-order valence-corrected chi connectivity index (χ3v) is 6.87. The van der Waals surface area contributed by atoms with Gasteiger partial charge >= 0.3 is 0 Å². The molecule has 0 spiro atoms. The minimum absolute atomic E-state index is 0.204. The summed E-state index contributed by atoms with van der Waals surface area (Å²) in [5.41, 5.74) is 7.91. The summed E-state index contributed by atoms with van der Waals surface area (Å²) in [4.78, 5) is 6.94. The van der Waals surface area contributed by atoms with E-state index in [1.54, 1.807) is 0 Å². The third kappa shape index (κ3) is 4.69. The first-order valence-electron chi connectivity index (χ1n) is 11.6. The number of aromatic nitrogens is 2. The summed E-state index contributed by atoms with van der Waals surface area (Å²) in [5, 5.41) is 14.9. The number of nitrogens with one attached hydrogen (secondary N) is 1. The molecule has 0 saturated heterocycles. The topological polar surface area (TPSA) is 53.3 Å². The van der Waals surface area contributed by atoms with Crippen molar-refractivity contribution in [3.8, 4) is 0 Å². The molecule has 0 radical (unpaired) electrons. The number of hydrogen-bond acceptors (Lipinski definition) is 4. The fourth-order valence-corrected chi connectivity index (χ4v) is 5.07. The average Bonchev–Trinajstić information content (AvgIpc) is 2.90. The van der Waals surface area contributed by atoms with Crippen molar-refractivity contribution in [3.63, 3.8) is 0 Å². The molecule has 1 aromatic carbocycles. The molecule has 5 nitrogen and oxygen atoms in total. The number of aliphatic hydroxyl groups is 1. The second kappa shape index (κ2) is 9.51. The van der Waals surface area contributed by atoms with Gasteiger partial charge in [-0.1, -0.05) is 18.6 Å². The lowest BCUT2D eigenvalue weighted by Crippen LogP contribution is -2.28. The van der Waals surface area contributed by atoms with E-state index in [1.807, 2.05) is 20.2 Å². The predicted octanol–water partition coefficient (Wildman–Crippen LogP) is 3.79. The molecule has 0 aliphatic carbocycles. The van der Waals surface area contributed by atoms with Crippen molar-refractivity contribution in [2.75, 3.05) is 26.7 Å². The number of likely N-dealkylation sites (N-methyl/N-ethyl adjacent to an activating group) is 1. The first-order valence-corrected chi connectivity index (χ1v) is 11.6. The van der Waals surface area contributed by atoms with Gasteiger partial charge in [0.05, 0.1) is 0 Å². The van der Waals surface area contributed by atoms with Crippen LogP contribution in [0.4, 0.5) is 0 Å². The zero-order chi connectivity index (χ0) is 22.0. The molecule has 3 heterocycles. The zero-order valence-electron chi connectivity index (χ0n) is 19.4. The van der Waals surface area contributed by atoms with Crippen LogP contribution in [0, 0.1) is 13.8 Å². The Morgan fingerprint density at radius 1 is 1.13 bits per heavy atom. The number of aryl methyl sites for hydroxylation is 2.